The van der Waals surface area contributed by atoms with E-state index in [-0.39, 0.29) is 0 Å². The maximum Gasteiger partial charge on any atom is 0.175 e. The third kappa shape index (κ3) is 4.10. The lowest BCUT2D eigenvalue weighted by Gasteiger charge is -2.16. The molecule has 0 aliphatic carbocycles. The fourth-order valence-electron chi connectivity index (χ4n) is 2.02. The number of alkyl halides is 1. The van der Waals surface area contributed by atoms with Crippen molar-refractivity contribution in [1.29, 1.82) is 0 Å². The molecular weight excluding hydrogens is 376 g/mol. The maximum atomic E-state index is 5.94. The smallest absolute Gasteiger partial charge is 0.175 e. The topological polar surface area (TPSA) is 27.7 Å². The van der Waals surface area contributed by atoms with Gasteiger partial charge in [0.15, 0.2) is 11.5 Å². The van der Waals surface area contributed by atoms with E-state index >= 15 is 0 Å². The molecular formula is C14H18Br2O3. The quantitative estimate of drug-likeness (QED) is 0.679. The lowest BCUT2D eigenvalue weighted by molar-refractivity contribution is 0.164. The van der Waals surface area contributed by atoms with E-state index in [1.54, 1.807) is 0 Å². The fourth-order valence-corrected chi connectivity index (χ4v) is 2.95. The molecule has 1 fully saturated rings. The average molecular weight is 394 g/mol. The predicted molar refractivity (Wildman–Crippen MR) is 82.4 cm³/mol. The van der Waals surface area contributed by atoms with Crippen LogP contribution in [0.5, 0.6) is 11.5 Å². The van der Waals surface area contributed by atoms with Gasteiger partial charge in [-0.25, -0.2) is 0 Å². The zero-order valence-electron chi connectivity index (χ0n) is 11.0. The Labute approximate surface area is 130 Å². The van der Waals surface area contributed by atoms with Gasteiger partial charge in [0.05, 0.1) is 24.3 Å². The first-order chi connectivity index (χ1) is 9.24. The third-order valence-corrected chi connectivity index (χ3v) is 4.25. The van der Waals surface area contributed by atoms with E-state index in [1.807, 2.05) is 13.0 Å². The summed E-state index contributed by atoms with van der Waals surface area (Å²) in [6.07, 6.45) is 1.07. The molecule has 0 bridgehead atoms. The van der Waals surface area contributed by atoms with Gasteiger partial charge in [-0.15, -0.1) is 0 Å². The van der Waals surface area contributed by atoms with Crippen LogP contribution >= 0.6 is 31.9 Å². The molecule has 19 heavy (non-hydrogen) atoms. The highest BCUT2D eigenvalue weighted by atomic mass is 79.9. The first kappa shape index (κ1) is 15.1. The minimum Gasteiger partial charge on any atom is -0.490 e. The summed E-state index contributed by atoms with van der Waals surface area (Å²) in [5.41, 5.74) is 1.16. The van der Waals surface area contributed by atoms with Gasteiger partial charge in [-0.05, 0) is 47.0 Å². The highest BCUT2D eigenvalue weighted by Crippen LogP contribution is 2.38. The molecule has 0 N–H and O–H groups in total. The molecule has 1 heterocycles. The second-order valence-corrected chi connectivity index (χ2v) is 5.93. The highest BCUT2D eigenvalue weighted by Gasteiger charge is 2.19. The molecule has 1 aliphatic heterocycles. The molecule has 3 nitrogen and oxygen atoms in total. The standard InChI is InChI=1S/C14H18Br2O3/c1-2-18-13-6-11(7-15)5-12(16)14(13)19-9-10-3-4-17-8-10/h5-6,10H,2-4,7-9H2,1H3. The number of ether oxygens (including phenoxy) is 3. The summed E-state index contributed by atoms with van der Waals surface area (Å²) in [5.74, 6) is 2.07. The van der Waals surface area contributed by atoms with Crippen molar-refractivity contribution in [1.82, 2.24) is 0 Å². The van der Waals surface area contributed by atoms with E-state index in [0.717, 1.165) is 46.5 Å². The first-order valence-corrected chi connectivity index (χ1v) is 8.37. The number of rotatable bonds is 6. The van der Waals surface area contributed by atoms with Crippen LogP contribution in [0.2, 0.25) is 0 Å². The average Bonchev–Trinajstić information content (AvgIpc) is 2.91. The summed E-state index contributed by atoms with van der Waals surface area (Å²) < 4.78 is 17.9. The van der Waals surface area contributed by atoms with E-state index in [9.17, 15) is 0 Å². The van der Waals surface area contributed by atoms with Gasteiger partial charge in [0, 0.05) is 17.9 Å². The van der Waals surface area contributed by atoms with Gasteiger partial charge >= 0.3 is 0 Å². The number of hydrogen-bond donors (Lipinski definition) is 0. The molecule has 5 heteroatoms. The Morgan fingerprint density at radius 1 is 1.37 bits per heavy atom. The number of benzene rings is 1. The Kier molecular flexibility index (Phi) is 5.98. The summed E-state index contributed by atoms with van der Waals surface area (Å²) in [6, 6.07) is 4.07. The van der Waals surface area contributed by atoms with Crippen LogP contribution in [0.3, 0.4) is 0 Å². The predicted octanol–water partition coefficient (Wildman–Crippen LogP) is 4.16. The molecule has 1 unspecified atom stereocenters. The fraction of sp³-hybridized carbons (Fsp3) is 0.571. The molecule has 0 aromatic heterocycles. The second kappa shape index (κ2) is 7.50. The van der Waals surface area contributed by atoms with Crippen molar-refractivity contribution in [3.05, 3.63) is 22.2 Å². The largest absolute Gasteiger partial charge is 0.490 e. The van der Waals surface area contributed by atoms with Gasteiger partial charge in [0.25, 0.3) is 0 Å². The Bertz CT molecular complexity index is 417. The molecule has 1 aromatic rings. The molecule has 0 spiro atoms. The summed E-state index contributed by atoms with van der Waals surface area (Å²) in [6.45, 7) is 4.91. The van der Waals surface area contributed by atoms with Gasteiger partial charge in [-0.3, -0.25) is 0 Å². The Morgan fingerprint density at radius 3 is 2.84 bits per heavy atom. The Morgan fingerprint density at radius 2 is 2.21 bits per heavy atom. The molecule has 2 rings (SSSR count). The zero-order chi connectivity index (χ0) is 13.7. The van der Waals surface area contributed by atoms with Crippen molar-refractivity contribution in [2.24, 2.45) is 5.92 Å². The molecule has 0 saturated carbocycles. The van der Waals surface area contributed by atoms with Gasteiger partial charge in [0.1, 0.15) is 0 Å². The number of halogens is 2. The SMILES string of the molecule is CCOc1cc(CBr)cc(Br)c1OCC1CCOC1. The molecule has 106 valence electrons. The molecule has 1 aromatic carbocycles. The van der Waals surface area contributed by atoms with Crippen LogP contribution in [0.15, 0.2) is 16.6 Å². The van der Waals surface area contributed by atoms with E-state index < -0.39 is 0 Å². The van der Waals surface area contributed by atoms with Crippen molar-refractivity contribution in [2.75, 3.05) is 26.4 Å². The lowest BCUT2D eigenvalue weighted by atomic mass is 10.1. The Hall–Kier alpha value is -0.260. The minimum atomic E-state index is 0.484. The van der Waals surface area contributed by atoms with Crippen LogP contribution < -0.4 is 9.47 Å². The van der Waals surface area contributed by atoms with Gasteiger partial charge in [-0.1, -0.05) is 15.9 Å². The monoisotopic (exact) mass is 392 g/mol. The van der Waals surface area contributed by atoms with Crippen molar-refractivity contribution < 1.29 is 14.2 Å². The van der Waals surface area contributed by atoms with Crippen LogP contribution in [0.4, 0.5) is 0 Å². The highest BCUT2D eigenvalue weighted by molar-refractivity contribution is 9.10. The van der Waals surface area contributed by atoms with Crippen LogP contribution in [-0.4, -0.2) is 26.4 Å². The summed E-state index contributed by atoms with van der Waals surface area (Å²) in [5, 5.41) is 0.794. The van der Waals surface area contributed by atoms with E-state index in [1.165, 1.54) is 0 Å². The number of hydrogen-bond acceptors (Lipinski definition) is 3. The van der Waals surface area contributed by atoms with Crippen molar-refractivity contribution in [2.45, 2.75) is 18.7 Å². The Balaban J connectivity index is 2.11. The minimum absolute atomic E-state index is 0.484. The molecule has 1 saturated heterocycles. The van der Waals surface area contributed by atoms with Crippen LogP contribution in [-0.2, 0) is 10.1 Å². The van der Waals surface area contributed by atoms with Crippen molar-refractivity contribution >= 4 is 31.9 Å². The van der Waals surface area contributed by atoms with Crippen LogP contribution in [0.1, 0.15) is 18.9 Å². The normalized spacial score (nSPS) is 18.6. The van der Waals surface area contributed by atoms with E-state index in [4.69, 9.17) is 14.2 Å². The van der Waals surface area contributed by atoms with Crippen molar-refractivity contribution in [3.8, 4) is 11.5 Å². The molecule has 1 atom stereocenters. The summed E-state index contributed by atoms with van der Waals surface area (Å²) in [4.78, 5) is 0. The molecule has 0 radical (unpaired) electrons. The second-order valence-electron chi connectivity index (χ2n) is 4.51. The maximum absolute atomic E-state index is 5.94. The van der Waals surface area contributed by atoms with Gasteiger partial charge in [-0.2, -0.15) is 0 Å². The van der Waals surface area contributed by atoms with Crippen molar-refractivity contribution in [3.63, 3.8) is 0 Å². The van der Waals surface area contributed by atoms with Gasteiger partial charge in [0.2, 0.25) is 0 Å². The lowest BCUT2D eigenvalue weighted by Crippen LogP contribution is -2.12. The molecule has 1 aliphatic rings. The third-order valence-electron chi connectivity index (χ3n) is 3.01. The van der Waals surface area contributed by atoms with Crippen LogP contribution in [0.25, 0.3) is 0 Å². The van der Waals surface area contributed by atoms with Crippen LogP contribution in [0, 0.1) is 5.92 Å². The summed E-state index contributed by atoms with van der Waals surface area (Å²) in [7, 11) is 0. The summed E-state index contributed by atoms with van der Waals surface area (Å²) >= 11 is 7.02. The van der Waals surface area contributed by atoms with E-state index in [2.05, 4.69) is 37.9 Å². The van der Waals surface area contributed by atoms with E-state index in [0.29, 0.717) is 19.1 Å². The van der Waals surface area contributed by atoms with Gasteiger partial charge < -0.3 is 14.2 Å². The first-order valence-electron chi connectivity index (χ1n) is 6.46. The zero-order valence-corrected chi connectivity index (χ0v) is 14.1. The molecule has 0 amide bonds.